The van der Waals surface area contributed by atoms with Crippen LogP contribution >= 0.6 is 22.7 Å². The topological polar surface area (TPSA) is 78.0 Å². The highest BCUT2D eigenvalue weighted by atomic mass is 32.1. The Morgan fingerprint density at radius 3 is 1.56 bits per heavy atom. The molecule has 2 heterocycles. The summed E-state index contributed by atoms with van der Waals surface area (Å²) in [5, 5.41) is 4.45. The summed E-state index contributed by atoms with van der Waals surface area (Å²) in [7, 11) is 0. The Hall–Kier alpha value is -4.44. The molecule has 6 rings (SSSR count). The van der Waals surface area contributed by atoms with Gasteiger partial charge in [0.25, 0.3) is 11.8 Å². The van der Waals surface area contributed by atoms with E-state index in [1.54, 1.807) is 12.2 Å². The number of benzene rings is 4. The third-order valence-electron chi connectivity index (χ3n) is 6.66. The van der Waals surface area contributed by atoms with E-state index >= 15 is 0 Å². The summed E-state index contributed by atoms with van der Waals surface area (Å²) in [5.74, 6) is -0.942. The maximum atomic E-state index is 12.8. The molecule has 0 atom stereocenters. The van der Waals surface area contributed by atoms with Crippen molar-refractivity contribution in [3.63, 3.8) is 0 Å². The molecular weight excluding hydrogens is 553 g/mol. The van der Waals surface area contributed by atoms with Crippen molar-refractivity contribution in [3.05, 3.63) is 108 Å². The van der Waals surface area contributed by atoms with Gasteiger partial charge in [-0.05, 0) is 22.9 Å². The first-order valence-corrected chi connectivity index (χ1v) is 14.7. The zero-order chi connectivity index (χ0) is 28.3. The second-order valence-electron chi connectivity index (χ2n) is 9.34. The van der Waals surface area contributed by atoms with Crippen LogP contribution in [0.2, 0.25) is 0 Å². The fraction of sp³-hybridized carbons (Fsp3) is 0.125. The molecule has 0 radical (unpaired) electrons. The number of hydrogen-bond donors (Lipinski definition) is 0. The molecule has 0 aliphatic heterocycles. The van der Waals surface area contributed by atoms with Gasteiger partial charge >= 0.3 is 0 Å². The van der Waals surface area contributed by atoms with Crippen molar-refractivity contribution < 1.29 is 14.3 Å². The summed E-state index contributed by atoms with van der Waals surface area (Å²) in [6, 6.07) is 24.4. The number of amides is 2. The Bertz CT molecular complexity index is 1980. The van der Waals surface area contributed by atoms with Gasteiger partial charge in [0.1, 0.15) is 13.2 Å². The van der Waals surface area contributed by atoms with E-state index in [-0.39, 0.29) is 13.2 Å². The number of nitrogens with zero attached hydrogens (tertiary/aromatic N) is 4. The van der Waals surface area contributed by atoms with Crippen molar-refractivity contribution in [2.75, 3.05) is 13.2 Å². The molecule has 0 aliphatic rings. The zero-order valence-corrected chi connectivity index (χ0v) is 23.8. The van der Waals surface area contributed by atoms with Crippen molar-refractivity contribution in [1.29, 1.82) is 0 Å². The van der Waals surface area contributed by atoms with Crippen LogP contribution < -0.4 is 9.60 Å². The van der Waals surface area contributed by atoms with Gasteiger partial charge in [0.05, 0.1) is 20.4 Å². The Balaban J connectivity index is 1.23. The van der Waals surface area contributed by atoms with Crippen LogP contribution in [-0.2, 0) is 27.4 Å². The summed E-state index contributed by atoms with van der Waals surface area (Å²) >= 11 is 2.90. The lowest BCUT2D eigenvalue weighted by Gasteiger charge is -2.03. The Morgan fingerprint density at radius 2 is 1.12 bits per heavy atom. The predicted molar refractivity (Wildman–Crippen MR) is 167 cm³/mol. The van der Waals surface area contributed by atoms with Gasteiger partial charge in [0.2, 0.25) is 0 Å². The fourth-order valence-corrected chi connectivity index (χ4v) is 7.27. The molecule has 0 saturated heterocycles. The number of carbonyl (C=O) groups is 2. The molecule has 2 aromatic heterocycles. The zero-order valence-electron chi connectivity index (χ0n) is 22.2. The van der Waals surface area contributed by atoms with E-state index in [1.807, 2.05) is 45.5 Å². The molecule has 0 fully saturated rings. The lowest BCUT2D eigenvalue weighted by molar-refractivity contribution is -0.127. The van der Waals surface area contributed by atoms with Crippen molar-refractivity contribution in [1.82, 2.24) is 9.13 Å². The number of fused-ring (bicyclic) bond motifs is 6. The van der Waals surface area contributed by atoms with Crippen LogP contribution in [0, 0.1) is 0 Å². The number of ether oxygens (including phenoxy) is 1. The largest absolute Gasteiger partial charge is 0.362 e. The van der Waals surface area contributed by atoms with Crippen molar-refractivity contribution >= 4 is 76.5 Å². The van der Waals surface area contributed by atoms with Crippen LogP contribution in [0.4, 0.5) is 0 Å². The fourth-order valence-electron chi connectivity index (χ4n) is 4.88. The van der Waals surface area contributed by atoms with E-state index in [1.165, 1.54) is 22.7 Å². The van der Waals surface area contributed by atoms with Crippen molar-refractivity contribution in [2.24, 2.45) is 9.98 Å². The quantitative estimate of drug-likeness (QED) is 0.209. The number of rotatable bonds is 8. The smallest absolute Gasteiger partial charge is 0.274 e. The molecule has 2 amide bonds. The van der Waals surface area contributed by atoms with E-state index in [9.17, 15) is 9.59 Å². The molecule has 6 aromatic rings. The minimum atomic E-state index is -0.471. The van der Waals surface area contributed by atoms with Gasteiger partial charge in [0, 0.05) is 23.9 Å². The maximum Gasteiger partial charge on any atom is 0.274 e. The van der Waals surface area contributed by atoms with Crippen LogP contribution in [0.5, 0.6) is 0 Å². The normalized spacial score (nSPS) is 12.6. The van der Waals surface area contributed by atoms with E-state index in [0.29, 0.717) is 22.7 Å². The van der Waals surface area contributed by atoms with Crippen molar-refractivity contribution in [2.45, 2.75) is 13.1 Å². The number of allylic oxidation sites excluding steroid dienone is 2. The molecule has 41 heavy (non-hydrogen) atoms. The van der Waals surface area contributed by atoms with Gasteiger partial charge in [-0.1, -0.05) is 95.5 Å². The molecule has 7 nitrogen and oxygen atoms in total. The van der Waals surface area contributed by atoms with E-state index in [2.05, 4.69) is 59.5 Å². The Morgan fingerprint density at radius 1 is 0.683 bits per heavy atom. The first kappa shape index (κ1) is 26.8. The number of carbonyl (C=O) groups excluding carboxylic acids is 2. The monoisotopic (exact) mass is 578 g/mol. The van der Waals surface area contributed by atoms with Crippen LogP contribution in [-0.4, -0.2) is 34.2 Å². The summed E-state index contributed by atoms with van der Waals surface area (Å²) in [6.07, 6.45) is 3.55. The predicted octanol–water partition coefficient (Wildman–Crippen LogP) is 5.97. The summed E-state index contributed by atoms with van der Waals surface area (Å²) in [6.45, 7) is 8.08. The van der Waals surface area contributed by atoms with Crippen LogP contribution in [0.1, 0.15) is 0 Å². The average Bonchev–Trinajstić information content (AvgIpc) is 3.51. The molecular formula is C32H26N4O3S2. The van der Waals surface area contributed by atoms with Gasteiger partial charge in [-0.25, -0.2) is 0 Å². The highest BCUT2D eigenvalue weighted by molar-refractivity contribution is 7.17. The lowest BCUT2D eigenvalue weighted by Crippen LogP contribution is -2.21. The first-order valence-electron chi connectivity index (χ1n) is 13.0. The second kappa shape index (κ2) is 11.6. The molecule has 0 N–H and O–H groups in total. The van der Waals surface area contributed by atoms with Gasteiger partial charge in [-0.2, -0.15) is 9.98 Å². The number of thiazole rings is 2. The summed E-state index contributed by atoms with van der Waals surface area (Å²) in [4.78, 5) is 35.2. The molecule has 0 saturated carbocycles. The second-order valence-corrected chi connectivity index (χ2v) is 11.3. The highest BCUT2D eigenvalue weighted by Gasteiger charge is 2.12. The standard InChI is InChI=1S/C32H26N4O3S2/c1-3-17-35-25-15-13-21-9-5-7-11-23(21)29(25)40-31(35)33-27(37)19-39-20-28(38)34-32-36(18-4-2)26-16-14-22-10-6-8-12-24(22)30(26)41-32/h3-16H,1-2,17-20H2. The number of aromatic nitrogens is 2. The van der Waals surface area contributed by atoms with Crippen LogP contribution in [0.15, 0.2) is 108 Å². The van der Waals surface area contributed by atoms with E-state index in [0.717, 1.165) is 42.0 Å². The van der Waals surface area contributed by atoms with Gasteiger partial charge < -0.3 is 13.9 Å². The molecule has 4 aromatic carbocycles. The molecule has 9 heteroatoms. The molecule has 0 aliphatic carbocycles. The van der Waals surface area contributed by atoms with Gasteiger partial charge in [0.15, 0.2) is 9.60 Å². The summed E-state index contributed by atoms with van der Waals surface area (Å²) in [5.41, 5.74) is 1.97. The SMILES string of the molecule is C=CCn1c(=NC(=O)COCC(=O)N=c2sc3c4ccccc4ccc3n2CC=C)sc2c3ccccc3ccc21. The molecule has 204 valence electrons. The highest BCUT2D eigenvalue weighted by Crippen LogP contribution is 2.28. The van der Waals surface area contributed by atoms with Gasteiger partial charge in [-0.15, -0.1) is 13.2 Å². The molecule has 0 spiro atoms. The van der Waals surface area contributed by atoms with Crippen molar-refractivity contribution in [3.8, 4) is 0 Å². The Labute approximate surface area is 243 Å². The first-order chi connectivity index (χ1) is 20.1. The number of hydrogen-bond acceptors (Lipinski definition) is 5. The third-order valence-corrected chi connectivity index (χ3v) is 8.92. The summed E-state index contributed by atoms with van der Waals surface area (Å²) < 4.78 is 11.5. The van der Waals surface area contributed by atoms with E-state index < -0.39 is 11.8 Å². The van der Waals surface area contributed by atoms with Crippen LogP contribution in [0.25, 0.3) is 42.0 Å². The minimum Gasteiger partial charge on any atom is -0.362 e. The third kappa shape index (κ3) is 5.22. The lowest BCUT2D eigenvalue weighted by atomic mass is 10.1. The molecule has 0 unspecified atom stereocenters. The molecule has 0 bridgehead atoms. The van der Waals surface area contributed by atoms with Crippen LogP contribution in [0.3, 0.4) is 0 Å². The van der Waals surface area contributed by atoms with E-state index in [4.69, 9.17) is 4.74 Å². The maximum absolute atomic E-state index is 12.8. The van der Waals surface area contributed by atoms with Gasteiger partial charge in [-0.3, -0.25) is 9.59 Å². The average molecular weight is 579 g/mol. The Kier molecular flexibility index (Phi) is 7.56. The minimum absolute atomic E-state index is 0.325.